The van der Waals surface area contributed by atoms with Crippen LogP contribution in [0, 0.1) is 0 Å². The molecule has 1 unspecified atom stereocenters. The van der Waals surface area contributed by atoms with Gasteiger partial charge in [-0.05, 0) is 13.8 Å². The Balaban J connectivity index is 2.23. The lowest BCUT2D eigenvalue weighted by atomic mass is 10.3. The molecule has 5 heteroatoms. The molecule has 14 heavy (non-hydrogen) atoms. The van der Waals surface area contributed by atoms with E-state index in [-0.39, 0.29) is 0 Å². The summed E-state index contributed by atoms with van der Waals surface area (Å²) in [5, 5.41) is 11.0. The van der Waals surface area contributed by atoms with Crippen molar-refractivity contribution in [3.8, 4) is 0 Å². The number of hydrogen-bond donors (Lipinski definition) is 1. The quantitative estimate of drug-likeness (QED) is 0.715. The second-order valence-corrected chi connectivity index (χ2v) is 3.29. The SMILES string of the molecule is CCOCC(C)NCc1cnnn1C. The molecule has 0 bridgehead atoms. The van der Waals surface area contributed by atoms with Crippen LogP contribution in [0.3, 0.4) is 0 Å². The number of rotatable bonds is 6. The topological polar surface area (TPSA) is 52.0 Å². The highest BCUT2D eigenvalue weighted by Gasteiger charge is 2.03. The molecular formula is C9H18N4O. The third-order valence-corrected chi connectivity index (χ3v) is 2.01. The van der Waals surface area contributed by atoms with Crippen LogP contribution in [0.1, 0.15) is 19.5 Å². The van der Waals surface area contributed by atoms with Crippen LogP contribution in [0.4, 0.5) is 0 Å². The molecule has 0 saturated carbocycles. The Kier molecular flexibility index (Phi) is 4.55. The molecule has 0 aliphatic carbocycles. The summed E-state index contributed by atoms with van der Waals surface area (Å²) in [6.07, 6.45) is 1.76. The summed E-state index contributed by atoms with van der Waals surface area (Å²) in [6, 6.07) is 0.352. The first kappa shape index (κ1) is 11.1. The largest absolute Gasteiger partial charge is 0.380 e. The van der Waals surface area contributed by atoms with Gasteiger partial charge in [0.15, 0.2) is 0 Å². The Labute approximate surface area is 84.4 Å². The summed E-state index contributed by atoms with van der Waals surface area (Å²) < 4.78 is 7.06. The number of hydrogen-bond acceptors (Lipinski definition) is 4. The number of ether oxygens (including phenoxy) is 1. The standard InChI is InChI=1S/C9H18N4O/c1-4-14-7-8(2)10-5-9-6-11-12-13(9)3/h6,8,10H,4-5,7H2,1-3H3. The van der Waals surface area contributed by atoms with Crippen LogP contribution in [0.15, 0.2) is 6.20 Å². The van der Waals surface area contributed by atoms with Gasteiger partial charge in [-0.1, -0.05) is 5.21 Å². The van der Waals surface area contributed by atoms with E-state index in [0.29, 0.717) is 6.04 Å². The van der Waals surface area contributed by atoms with Gasteiger partial charge in [0.1, 0.15) is 0 Å². The molecule has 0 aromatic carbocycles. The van der Waals surface area contributed by atoms with Gasteiger partial charge in [0, 0.05) is 26.2 Å². The lowest BCUT2D eigenvalue weighted by molar-refractivity contribution is 0.127. The highest BCUT2D eigenvalue weighted by atomic mass is 16.5. The van der Waals surface area contributed by atoms with Crippen molar-refractivity contribution in [1.29, 1.82) is 0 Å². The van der Waals surface area contributed by atoms with E-state index in [2.05, 4.69) is 22.6 Å². The molecule has 1 aromatic rings. The molecule has 0 saturated heterocycles. The normalized spacial score (nSPS) is 13.1. The average Bonchev–Trinajstić information content (AvgIpc) is 2.58. The summed E-state index contributed by atoms with van der Waals surface area (Å²) in [5.74, 6) is 0. The van der Waals surface area contributed by atoms with Crippen LogP contribution >= 0.6 is 0 Å². The van der Waals surface area contributed by atoms with Crippen molar-refractivity contribution in [1.82, 2.24) is 20.3 Å². The van der Waals surface area contributed by atoms with E-state index in [1.165, 1.54) is 0 Å². The van der Waals surface area contributed by atoms with Crippen LogP contribution < -0.4 is 5.32 Å². The zero-order chi connectivity index (χ0) is 10.4. The molecule has 1 heterocycles. The van der Waals surface area contributed by atoms with Crippen LogP contribution in [-0.4, -0.2) is 34.2 Å². The fourth-order valence-corrected chi connectivity index (χ4v) is 1.10. The molecule has 0 aliphatic heterocycles. The summed E-state index contributed by atoms with van der Waals surface area (Å²) in [4.78, 5) is 0. The minimum absolute atomic E-state index is 0.352. The van der Waals surface area contributed by atoms with Gasteiger partial charge in [0.25, 0.3) is 0 Å². The Morgan fingerprint density at radius 1 is 1.64 bits per heavy atom. The van der Waals surface area contributed by atoms with E-state index in [1.54, 1.807) is 10.9 Å². The third-order valence-electron chi connectivity index (χ3n) is 2.01. The molecule has 1 rings (SSSR count). The Bertz CT molecular complexity index is 261. The zero-order valence-corrected chi connectivity index (χ0v) is 9.03. The molecule has 0 fully saturated rings. The van der Waals surface area contributed by atoms with Crippen LogP contribution in [0.5, 0.6) is 0 Å². The molecule has 1 atom stereocenters. The molecule has 5 nitrogen and oxygen atoms in total. The average molecular weight is 198 g/mol. The van der Waals surface area contributed by atoms with Gasteiger partial charge in [-0.25, -0.2) is 0 Å². The number of aromatic nitrogens is 3. The van der Waals surface area contributed by atoms with Crippen molar-refractivity contribution >= 4 is 0 Å². The summed E-state index contributed by atoms with van der Waals surface area (Å²) in [7, 11) is 1.89. The molecule has 0 spiro atoms. The predicted molar refractivity (Wildman–Crippen MR) is 53.8 cm³/mol. The second kappa shape index (κ2) is 5.72. The van der Waals surface area contributed by atoms with E-state index in [1.807, 2.05) is 14.0 Å². The Morgan fingerprint density at radius 3 is 3.00 bits per heavy atom. The zero-order valence-electron chi connectivity index (χ0n) is 9.03. The van der Waals surface area contributed by atoms with Crippen molar-refractivity contribution < 1.29 is 4.74 Å². The molecule has 0 amide bonds. The second-order valence-electron chi connectivity index (χ2n) is 3.29. The number of aryl methyl sites for hydroxylation is 1. The first-order valence-electron chi connectivity index (χ1n) is 4.88. The van der Waals surface area contributed by atoms with E-state index in [0.717, 1.165) is 25.5 Å². The van der Waals surface area contributed by atoms with Gasteiger partial charge in [-0.2, -0.15) is 0 Å². The first-order valence-corrected chi connectivity index (χ1v) is 4.88. The maximum atomic E-state index is 5.29. The molecule has 0 aliphatic rings. The fraction of sp³-hybridized carbons (Fsp3) is 0.778. The van der Waals surface area contributed by atoms with E-state index in [4.69, 9.17) is 4.74 Å². The third kappa shape index (κ3) is 3.43. The Hall–Kier alpha value is -0.940. The number of nitrogens with one attached hydrogen (secondary N) is 1. The van der Waals surface area contributed by atoms with Crippen molar-refractivity contribution in [2.75, 3.05) is 13.2 Å². The summed E-state index contributed by atoms with van der Waals surface area (Å²) in [5.41, 5.74) is 1.08. The van der Waals surface area contributed by atoms with Crippen molar-refractivity contribution in [3.05, 3.63) is 11.9 Å². The first-order chi connectivity index (χ1) is 6.74. The maximum Gasteiger partial charge on any atom is 0.0738 e. The molecule has 1 aromatic heterocycles. The van der Waals surface area contributed by atoms with Crippen LogP contribution in [-0.2, 0) is 18.3 Å². The van der Waals surface area contributed by atoms with E-state index < -0.39 is 0 Å². The Morgan fingerprint density at radius 2 is 2.43 bits per heavy atom. The van der Waals surface area contributed by atoms with Crippen molar-refractivity contribution in [3.63, 3.8) is 0 Å². The van der Waals surface area contributed by atoms with Crippen molar-refractivity contribution in [2.24, 2.45) is 7.05 Å². The fourth-order valence-electron chi connectivity index (χ4n) is 1.10. The minimum atomic E-state index is 0.352. The smallest absolute Gasteiger partial charge is 0.0738 e. The predicted octanol–water partition coefficient (Wildman–Crippen LogP) is 0.330. The monoisotopic (exact) mass is 198 g/mol. The number of nitrogens with zero attached hydrogens (tertiary/aromatic N) is 3. The van der Waals surface area contributed by atoms with E-state index in [9.17, 15) is 0 Å². The minimum Gasteiger partial charge on any atom is -0.380 e. The van der Waals surface area contributed by atoms with Gasteiger partial charge in [-0.3, -0.25) is 4.68 Å². The van der Waals surface area contributed by atoms with Gasteiger partial charge in [-0.15, -0.1) is 5.10 Å². The highest BCUT2D eigenvalue weighted by Crippen LogP contribution is 1.94. The van der Waals surface area contributed by atoms with Gasteiger partial charge in [0.2, 0.25) is 0 Å². The van der Waals surface area contributed by atoms with Gasteiger partial charge in [0.05, 0.1) is 18.5 Å². The van der Waals surface area contributed by atoms with Crippen molar-refractivity contribution in [2.45, 2.75) is 26.4 Å². The van der Waals surface area contributed by atoms with Crippen LogP contribution in [0.2, 0.25) is 0 Å². The van der Waals surface area contributed by atoms with Gasteiger partial charge >= 0.3 is 0 Å². The lowest BCUT2D eigenvalue weighted by Gasteiger charge is -2.12. The van der Waals surface area contributed by atoms with E-state index >= 15 is 0 Å². The molecular weight excluding hydrogens is 180 g/mol. The molecule has 1 N–H and O–H groups in total. The molecule has 80 valence electrons. The summed E-state index contributed by atoms with van der Waals surface area (Å²) in [6.45, 7) is 6.37. The summed E-state index contributed by atoms with van der Waals surface area (Å²) >= 11 is 0. The molecule has 0 radical (unpaired) electrons. The lowest BCUT2D eigenvalue weighted by Crippen LogP contribution is -2.30. The maximum absolute atomic E-state index is 5.29. The van der Waals surface area contributed by atoms with Gasteiger partial charge < -0.3 is 10.1 Å². The van der Waals surface area contributed by atoms with Crippen LogP contribution in [0.25, 0.3) is 0 Å². The highest BCUT2D eigenvalue weighted by molar-refractivity contribution is 4.92.